The molecule has 5 nitrogen and oxygen atoms in total. The van der Waals surface area contributed by atoms with Crippen molar-refractivity contribution in [3.05, 3.63) is 53.9 Å². The second-order valence-electron chi connectivity index (χ2n) is 4.54. The number of ether oxygens (including phenoxy) is 1. The molecule has 0 fully saturated rings. The van der Waals surface area contributed by atoms with Gasteiger partial charge in [-0.3, -0.25) is 9.78 Å². The van der Waals surface area contributed by atoms with Crippen molar-refractivity contribution >= 4 is 29.3 Å². The highest BCUT2D eigenvalue weighted by molar-refractivity contribution is 7.98. The Morgan fingerprint density at radius 3 is 2.50 bits per heavy atom. The number of amides is 1. The number of hydrogen-bond donors (Lipinski definition) is 1. The largest absolute Gasteiger partial charge is 0.452 e. The fraction of sp³-hybridized carbons (Fsp3) is 0.188. The normalized spacial score (nSPS) is 10.1. The molecule has 0 aliphatic rings. The Morgan fingerprint density at radius 1 is 1.18 bits per heavy atom. The summed E-state index contributed by atoms with van der Waals surface area (Å²) in [5.41, 5.74) is 1.79. The Kier molecular flexibility index (Phi) is 5.55. The molecule has 0 spiro atoms. The molecule has 0 saturated carbocycles. The molecule has 2 rings (SSSR count). The van der Waals surface area contributed by atoms with Crippen molar-refractivity contribution in [2.45, 2.75) is 11.8 Å². The lowest BCUT2D eigenvalue weighted by molar-refractivity contribution is -0.119. The summed E-state index contributed by atoms with van der Waals surface area (Å²) in [5.74, 6) is -0.953. The van der Waals surface area contributed by atoms with E-state index in [0.29, 0.717) is 11.3 Å². The first kappa shape index (κ1) is 16.0. The minimum Gasteiger partial charge on any atom is -0.452 e. The van der Waals surface area contributed by atoms with E-state index >= 15 is 0 Å². The van der Waals surface area contributed by atoms with Crippen LogP contribution in [-0.2, 0) is 9.53 Å². The molecule has 0 bridgehead atoms. The first-order valence-corrected chi connectivity index (χ1v) is 7.84. The molecule has 0 atom stereocenters. The van der Waals surface area contributed by atoms with Crippen molar-refractivity contribution in [3.8, 4) is 0 Å². The van der Waals surface area contributed by atoms with Crippen molar-refractivity contribution in [3.63, 3.8) is 0 Å². The van der Waals surface area contributed by atoms with Crippen LogP contribution in [0.25, 0.3) is 0 Å². The van der Waals surface area contributed by atoms with Crippen LogP contribution in [0.1, 0.15) is 16.1 Å². The number of nitrogens with zero attached hydrogens (tertiary/aromatic N) is 1. The highest BCUT2D eigenvalue weighted by Gasteiger charge is 2.10. The van der Waals surface area contributed by atoms with E-state index in [1.807, 2.05) is 25.3 Å². The molecule has 0 radical (unpaired) electrons. The predicted octanol–water partition coefficient (Wildman–Crippen LogP) is 2.91. The van der Waals surface area contributed by atoms with Gasteiger partial charge in [0.25, 0.3) is 5.91 Å². The van der Waals surface area contributed by atoms with E-state index in [4.69, 9.17) is 4.74 Å². The Balaban J connectivity index is 1.84. The lowest BCUT2D eigenvalue weighted by Gasteiger charge is -2.07. The summed E-state index contributed by atoms with van der Waals surface area (Å²) in [6, 6.07) is 10.7. The molecule has 0 unspecified atom stereocenters. The van der Waals surface area contributed by atoms with Crippen LogP contribution in [-0.4, -0.2) is 29.7 Å². The number of nitrogens with one attached hydrogen (secondary N) is 1. The summed E-state index contributed by atoms with van der Waals surface area (Å²) in [4.78, 5) is 28.6. The summed E-state index contributed by atoms with van der Waals surface area (Å²) >= 11 is 1.62. The fourth-order valence-corrected chi connectivity index (χ4v) is 2.08. The predicted molar refractivity (Wildman–Crippen MR) is 86.1 cm³/mol. The number of benzene rings is 1. The van der Waals surface area contributed by atoms with Gasteiger partial charge >= 0.3 is 5.97 Å². The van der Waals surface area contributed by atoms with Gasteiger partial charge in [-0.2, -0.15) is 0 Å². The smallest absolute Gasteiger partial charge is 0.340 e. The zero-order valence-corrected chi connectivity index (χ0v) is 13.1. The maximum absolute atomic E-state index is 11.8. The first-order valence-electron chi connectivity index (χ1n) is 6.62. The standard InChI is InChI=1S/C16H16N2O3S/c1-11-3-4-12(9-17-11)16(20)21-10-15(19)18-13-5-7-14(22-2)8-6-13/h3-9H,10H2,1-2H3,(H,18,19). The molecule has 0 saturated heterocycles. The van der Waals surface area contributed by atoms with E-state index in [-0.39, 0.29) is 12.5 Å². The van der Waals surface area contributed by atoms with Gasteiger partial charge in [0.2, 0.25) is 0 Å². The van der Waals surface area contributed by atoms with Crippen LogP contribution in [0, 0.1) is 6.92 Å². The molecule has 6 heteroatoms. The summed E-state index contributed by atoms with van der Waals surface area (Å²) in [6.07, 6.45) is 3.41. The zero-order valence-electron chi connectivity index (χ0n) is 12.3. The third kappa shape index (κ3) is 4.60. The second kappa shape index (κ2) is 7.61. The molecule has 1 heterocycles. The zero-order chi connectivity index (χ0) is 15.9. The van der Waals surface area contributed by atoms with Crippen molar-refractivity contribution in [2.75, 3.05) is 18.2 Å². The van der Waals surface area contributed by atoms with Gasteiger partial charge in [0.15, 0.2) is 6.61 Å². The average Bonchev–Trinajstić information content (AvgIpc) is 2.54. The van der Waals surface area contributed by atoms with Crippen molar-refractivity contribution in [1.29, 1.82) is 0 Å². The summed E-state index contributed by atoms with van der Waals surface area (Å²) in [6.45, 7) is 1.49. The van der Waals surface area contributed by atoms with Crippen LogP contribution in [0.3, 0.4) is 0 Å². The maximum atomic E-state index is 11.8. The second-order valence-corrected chi connectivity index (χ2v) is 5.42. The first-order chi connectivity index (χ1) is 10.6. The summed E-state index contributed by atoms with van der Waals surface area (Å²) in [7, 11) is 0. The van der Waals surface area contributed by atoms with Gasteiger partial charge in [0, 0.05) is 22.5 Å². The third-order valence-corrected chi connectivity index (χ3v) is 3.60. The number of pyridine rings is 1. The Labute approximate surface area is 133 Å². The SMILES string of the molecule is CSc1ccc(NC(=O)COC(=O)c2ccc(C)nc2)cc1. The molecule has 114 valence electrons. The van der Waals surface area contributed by atoms with E-state index in [2.05, 4.69) is 10.3 Å². The molecule has 2 aromatic rings. The number of carbonyl (C=O) groups is 2. The number of hydrogen-bond acceptors (Lipinski definition) is 5. The van der Waals surface area contributed by atoms with Gasteiger partial charge in [-0.25, -0.2) is 4.79 Å². The number of anilines is 1. The molecule has 1 N–H and O–H groups in total. The van der Waals surface area contributed by atoms with Gasteiger partial charge in [-0.05, 0) is 49.6 Å². The number of aromatic nitrogens is 1. The van der Waals surface area contributed by atoms with E-state index in [1.165, 1.54) is 6.20 Å². The molecule has 0 aliphatic carbocycles. The van der Waals surface area contributed by atoms with E-state index in [1.54, 1.807) is 36.0 Å². The van der Waals surface area contributed by atoms with Gasteiger partial charge in [0.05, 0.1) is 5.56 Å². The van der Waals surface area contributed by atoms with E-state index < -0.39 is 5.97 Å². The number of esters is 1. The van der Waals surface area contributed by atoms with E-state index in [0.717, 1.165) is 10.6 Å². The molecular formula is C16H16N2O3S. The number of aryl methyl sites for hydroxylation is 1. The number of carbonyl (C=O) groups excluding carboxylic acids is 2. The van der Waals surface area contributed by atoms with Gasteiger partial charge < -0.3 is 10.1 Å². The van der Waals surface area contributed by atoms with Crippen molar-refractivity contribution in [1.82, 2.24) is 4.98 Å². The molecule has 1 amide bonds. The monoisotopic (exact) mass is 316 g/mol. The number of thioether (sulfide) groups is 1. The average molecular weight is 316 g/mol. The fourth-order valence-electron chi connectivity index (χ4n) is 1.67. The molecule has 22 heavy (non-hydrogen) atoms. The van der Waals surface area contributed by atoms with Crippen LogP contribution in [0.5, 0.6) is 0 Å². The highest BCUT2D eigenvalue weighted by Crippen LogP contribution is 2.17. The summed E-state index contributed by atoms with van der Waals surface area (Å²) in [5, 5.41) is 2.67. The molecule has 0 aliphatic heterocycles. The van der Waals surface area contributed by atoms with Gasteiger partial charge in [-0.1, -0.05) is 0 Å². The van der Waals surface area contributed by atoms with Crippen LogP contribution in [0.2, 0.25) is 0 Å². The van der Waals surface area contributed by atoms with Crippen LogP contribution >= 0.6 is 11.8 Å². The van der Waals surface area contributed by atoms with Crippen molar-refractivity contribution in [2.24, 2.45) is 0 Å². The van der Waals surface area contributed by atoms with Gasteiger partial charge in [0.1, 0.15) is 0 Å². The topological polar surface area (TPSA) is 68.3 Å². The highest BCUT2D eigenvalue weighted by atomic mass is 32.2. The molecule has 1 aromatic carbocycles. The summed E-state index contributed by atoms with van der Waals surface area (Å²) < 4.78 is 4.95. The lowest BCUT2D eigenvalue weighted by Crippen LogP contribution is -2.21. The molecular weight excluding hydrogens is 300 g/mol. The minimum atomic E-state index is -0.569. The quantitative estimate of drug-likeness (QED) is 0.678. The minimum absolute atomic E-state index is 0.322. The Morgan fingerprint density at radius 2 is 1.91 bits per heavy atom. The third-order valence-electron chi connectivity index (χ3n) is 2.86. The van der Waals surface area contributed by atoms with Crippen LogP contribution in [0.4, 0.5) is 5.69 Å². The molecule has 1 aromatic heterocycles. The van der Waals surface area contributed by atoms with Crippen LogP contribution in [0.15, 0.2) is 47.5 Å². The lowest BCUT2D eigenvalue weighted by atomic mass is 10.2. The van der Waals surface area contributed by atoms with E-state index in [9.17, 15) is 9.59 Å². The number of rotatable bonds is 5. The maximum Gasteiger partial charge on any atom is 0.340 e. The van der Waals surface area contributed by atoms with Gasteiger partial charge in [-0.15, -0.1) is 11.8 Å². The Hall–Kier alpha value is -2.34. The van der Waals surface area contributed by atoms with Crippen LogP contribution < -0.4 is 5.32 Å². The Bertz CT molecular complexity index is 654. The van der Waals surface area contributed by atoms with Crippen molar-refractivity contribution < 1.29 is 14.3 Å².